The molecule has 1 aliphatic rings. The Labute approximate surface area is 184 Å². The van der Waals surface area contributed by atoms with Crippen molar-refractivity contribution in [2.24, 2.45) is 0 Å². The Kier molecular flexibility index (Phi) is 7.39. The standard InChI is InChI=1S/C23H25BrFN3O2/c1-16-4-3-5-17(2)23(16)26-21(29)15-27-10-12-28(13-11-27)22(30)9-6-18-14-19(24)7-8-20(18)25/h3-9,14H,10-13,15H2,1-2H3,(H,26,29). The molecule has 0 spiro atoms. The average Bonchev–Trinajstić information content (AvgIpc) is 2.72. The predicted octanol–water partition coefficient (Wildman–Crippen LogP) is 4.00. The first kappa shape index (κ1) is 22.2. The third-order valence-electron chi connectivity index (χ3n) is 5.16. The van der Waals surface area contributed by atoms with Crippen molar-refractivity contribution in [3.05, 3.63) is 69.5 Å². The van der Waals surface area contributed by atoms with Gasteiger partial charge in [-0.25, -0.2) is 4.39 Å². The Morgan fingerprint density at radius 1 is 1.10 bits per heavy atom. The lowest BCUT2D eigenvalue weighted by Crippen LogP contribution is -2.50. The summed E-state index contributed by atoms with van der Waals surface area (Å²) in [6.07, 6.45) is 2.89. The number of piperazine rings is 1. The molecule has 0 aliphatic carbocycles. The van der Waals surface area contributed by atoms with Crippen LogP contribution >= 0.6 is 15.9 Å². The average molecular weight is 474 g/mol. The lowest BCUT2D eigenvalue weighted by atomic mass is 10.1. The third kappa shape index (κ3) is 5.77. The summed E-state index contributed by atoms with van der Waals surface area (Å²) >= 11 is 3.30. The number of carbonyl (C=O) groups is 2. The number of hydrogen-bond acceptors (Lipinski definition) is 3. The van der Waals surface area contributed by atoms with Gasteiger partial charge in [0.15, 0.2) is 0 Å². The fourth-order valence-corrected chi connectivity index (χ4v) is 3.81. The van der Waals surface area contributed by atoms with Crippen molar-refractivity contribution in [3.8, 4) is 0 Å². The molecule has 7 heteroatoms. The summed E-state index contributed by atoms with van der Waals surface area (Å²) in [5, 5.41) is 3.00. The molecule has 2 amide bonds. The molecular formula is C23H25BrFN3O2. The Balaban J connectivity index is 1.49. The predicted molar refractivity (Wildman–Crippen MR) is 121 cm³/mol. The molecule has 1 N–H and O–H groups in total. The lowest BCUT2D eigenvalue weighted by Gasteiger charge is -2.33. The number of halogens is 2. The molecule has 1 heterocycles. The molecule has 0 atom stereocenters. The number of amides is 2. The zero-order valence-corrected chi connectivity index (χ0v) is 18.7. The van der Waals surface area contributed by atoms with Gasteiger partial charge in [0.25, 0.3) is 0 Å². The van der Waals surface area contributed by atoms with Crippen LogP contribution in [0.25, 0.3) is 6.08 Å². The van der Waals surface area contributed by atoms with E-state index in [0.29, 0.717) is 31.7 Å². The van der Waals surface area contributed by atoms with Crippen molar-refractivity contribution in [2.75, 3.05) is 38.0 Å². The van der Waals surface area contributed by atoms with Crippen LogP contribution in [-0.2, 0) is 9.59 Å². The fraction of sp³-hybridized carbons (Fsp3) is 0.304. The van der Waals surface area contributed by atoms with Crippen LogP contribution in [0.3, 0.4) is 0 Å². The highest BCUT2D eigenvalue weighted by Gasteiger charge is 2.21. The molecule has 158 valence electrons. The maximum atomic E-state index is 13.8. The van der Waals surface area contributed by atoms with Gasteiger partial charge in [-0.05, 0) is 49.2 Å². The maximum Gasteiger partial charge on any atom is 0.246 e. The van der Waals surface area contributed by atoms with Gasteiger partial charge >= 0.3 is 0 Å². The first-order valence-electron chi connectivity index (χ1n) is 9.84. The smallest absolute Gasteiger partial charge is 0.246 e. The van der Waals surface area contributed by atoms with Crippen molar-refractivity contribution in [2.45, 2.75) is 13.8 Å². The number of anilines is 1. The van der Waals surface area contributed by atoms with E-state index in [0.717, 1.165) is 21.3 Å². The summed E-state index contributed by atoms with van der Waals surface area (Å²) in [4.78, 5) is 28.6. The van der Waals surface area contributed by atoms with Gasteiger partial charge in [0.2, 0.25) is 11.8 Å². The van der Waals surface area contributed by atoms with Crippen LogP contribution < -0.4 is 5.32 Å². The molecule has 0 saturated carbocycles. The summed E-state index contributed by atoms with van der Waals surface area (Å²) in [6, 6.07) is 10.5. The van der Waals surface area contributed by atoms with Gasteiger partial charge < -0.3 is 10.2 Å². The van der Waals surface area contributed by atoms with Gasteiger partial charge in [-0.3, -0.25) is 14.5 Å². The second-order valence-corrected chi connectivity index (χ2v) is 8.33. The van der Waals surface area contributed by atoms with Crippen molar-refractivity contribution < 1.29 is 14.0 Å². The first-order valence-corrected chi connectivity index (χ1v) is 10.6. The zero-order valence-electron chi connectivity index (χ0n) is 17.1. The SMILES string of the molecule is Cc1cccc(C)c1NC(=O)CN1CCN(C(=O)C=Cc2cc(Br)ccc2F)CC1. The van der Waals surface area contributed by atoms with Gasteiger partial charge in [0, 0.05) is 48.0 Å². The van der Waals surface area contributed by atoms with Crippen LogP contribution in [0.2, 0.25) is 0 Å². The Morgan fingerprint density at radius 2 is 1.77 bits per heavy atom. The minimum atomic E-state index is -0.373. The summed E-state index contributed by atoms with van der Waals surface area (Å²) in [6.45, 7) is 6.52. The van der Waals surface area contributed by atoms with Crippen LogP contribution in [-0.4, -0.2) is 54.3 Å². The van der Waals surface area contributed by atoms with Crippen LogP contribution in [0, 0.1) is 19.7 Å². The fourth-order valence-electron chi connectivity index (χ4n) is 3.43. The summed E-state index contributed by atoms with van der Waals surface area (Å²) in [7, 11) is 0. The molecule has 1 saturated heterocycles. The van der Waals surface area contributed by atoms with E-state index < -0.39 is 0 Å². The molecule has 30 heavy (non-hydrogen) atoms. The Morgan fingerprint density at radius 3 is 2.43 bits per heavy atom. The lowest BCUT2D eigenvalue weighted by molar-refractivity contribution is -0.127. The topological polar surface area (TPSA) is 52.7 Å². The van der Waals surface area contributed by atoms with Crippen molar-refractivity contribution in [1.82, 2.24) is 9.80 Å². The minimum Gasteiger partial charge on any atom is -0.337 e. The number of benzene rings is 2. The van der Waals surface area contributed by atoms with E-state index in [1.54, 1.807) is 17.0 Å². The van der Waals surface area contributed by atoms with Crippen molar-refractivity contribution in [3.63, 3.8) is 0 Å². The van der Waals surface area contributed by atoms with Crippen molar-refractivity contribution in [1.29, 1.82) is 0 Å². The van der Waals surface area contributed by atoms with Gasteiger partial charge in [-0.1, -0.05) is 34.1 Å². The summed E-state index contributed by atoms with van der Waals surface area (Å²) in [5.41, 5.74) is 3.29. The molecule has 2 aromatic carbocycles. The summed E-state index contributed by atoms with van der Waals surface area (Å²) in [5.74, 6) is -0.590. The largest absolute Gasteiger partial charge is 0.337 e. The number of nitrogens with zero attached hydrogens (tertiary/aromatic N) is 2. The number of para-hydroxylation sites is 1. The molecular weight excluding hydrogens is 449 g/mol. The Hall–Kier alpha value is -2.51. The van der Waals surface area contributed by atoms with E-state index in [1.165, 1.54) is 18.2 Å². The molecule has 1 aliphatic heterocycles. The van der Waals surface area contributed by atoms with Crippen LogP contribution in [0.5, 0.6) is 0 Å². The van der Waals surface area contributed by atoms with Gasteiger partial charge in [-0.2, -0.15) is 0 Å². The highest BCUT2D eigenvalue weighted by Crippen LogP contribution is 2.19. The second kappa shape index (κ2) is 10.00. The number of rotatable bonds is 5. The molecule has 3 rings (SSSR count). The molecule has 0 bridgehead atoms. The summed E-state index contributed by atoms with van der Waals surface area (Å²) < 4.78 is 14.6. The van der Waals surface area contributed by atoms with Gasteiger partial charge in [-0.15, -0.1) is 0 Å². The van der Waals surface area contributed by atoms with E-state index in [2.05, 4.69) is 21.2 Å². The van der Waals surface area contributed by atoms with Crippen molar-refractivity contribution >= 4 is 39.5 Å². The molecule has 1 fully saturated rings. The van der Waals surface area contributed by atoms with Crippen LogP contribution in [0.15, 0.2) is 46.9 Å². The molecule has 0 radical (unpaired) electrons. The third-order valence-corrected chi connectivity index (χ3v) is 5.65. The number of hydrogen-bond donors (Lipinski definition) is 1. The van der Waals surface area contributed by atoms with E-state index >= 15 is 0 Å². The van der Waals surface area contributed by atoms with Gasteiger partial charge in [0.1, 0.15) is 5.82 Å². The maximum absolute atomic E-state index is 13.8. The van der Waals surface area contributed by atoms with Crippen LogP contribution in [0.4, 0.5) is 10.1 Å². The highest BCUT2D eigenvalue weighted by molar-refractivity contribution is 9.10. The molecule has 0 unspecified atom stereocenters. The number of aryl methyl sites for hydroxylation is 2. The molecule has 0 aromatic heterocycles. The van der Waals surface area contributed by atoms with E-state index in [-0.39, 0.29) is 24.2 Å². The second-order valence-electron chi connectivity index (χ2n) is 7.42. The van der Waals surface area contributed by atoms with Crippen LogP contribution in [0.1, 0.15) is 16.7 Å². The zero-order chi connectivity index (χ0) is 21.7. The normalized spacial score (nSPS) is 14.9. The number of nitrogens with one attached hydrogen (secondary N) is 1. The molecule has 2 aromatic rings. The quantitative estimate of drug-likeness (QED) is 0.667. The Bertz CT molecular complexity index is 949. The monoisotopic (exact) mass is 473 g/mol. The van der Waals surface area contributed by atoms with Gasteiger partial charge in [0.05, 0.1) is 6.54 Å². The van der Waals surface area contributed by atoms with E-state index in [1.807, 2.05) is 36.9 Å². The van der Waals surface area contributed by atoms with E-state index in [4.69, 9.17) is 0 Å². The number of carbonyl (C=O) groups excluding carboxylic acids is 2. The van der Waals surface area contributed by atoms with E-state index in [9.17, 15) is 14.0 Å². The highest BCUT2D eigenvalue weighted by atomic mass is 79.9. The minimum absolute atomic E-state index is 0.0581. The first-order chi connectivity index (χ1) is 14.3. The molecule has 5 nitrogen and oxygen atoms in total.